The molecular formula is C34H24N8. The number of allylic oxidation sites excluding steroid dienone is 5. The summed E-state index contributed by atoms with van der Waals surface area (Å²) in [4.78, 5) is 33.7. The van der Waals surface area contributed by atoms with Crippen LogP contribution in [0.5, 0.6) is 0 Å². The Morgan fingerprint density at radius 2 is 1.12 bits per heavy atom. The van der Waals surface area contributed by atoms with Crippen molar-refractivity contribution < 1.29 is 0 Å². The first-order chi connectivity index (χ1) is 20.6. The van der Waals surface area contributed by atoms with E-state index in [2.05, 4.69) is 23.7 Å². The molecule has 1 N–H and O–H groups in total. The predicted octanol–water partition coefficient (Wildman–Crippen LogP) is 7.22. The molecule has 3 aromatic heterocycles. The average Bonchev–Trinajstić information content (AvgIpc) is 3.71. The predicted molar refractivity (Wildman–Crippen MR) is 168 cm³/mol. The summed E-state index contributed by atoms with van der Waals surface area (Å²) in [7, 11) is 1.98. The summed E-state index contributed by atoms with van der Waals surface area (Å²) >= 11 is 0. The molecule has 0 spiro atoms. The first-order valence-corrected chi connectivity index (χ1v) is 13.7. The minimum absolute atomic E-state index is 0.567. The van der Waals surface area contributed by atoms with Gasteiger partial charge in [-0.3, -0.25) is 0 Å². The van der Waals surface area contributed by atoms with E-state index in [1.165, 1.54) is 0 Å². The Balaban J connectivity index is 1.61. The third-order valence-corrected chi connectivity index (χ3v) is 7.79. The Labute approximate surface area is 240 Å². The molecule has 0 radical (unpaired) electrons. The van der Waals surface area contributed by atoms with Crippen LogP contribution in [0.1, 0.15) is 18.6 Å². The van der Waals surface area contributed by atoms with Crippen molar-refractivity contribution in [3.05, 3.63) is 109 Å². The number of rotatable bonds is 2. The molecule has 8 heteroatoms. The van der Waals surface area contributed by atoms with Crippen LogP contribution in [-0.4, -0.2) is 39.5 Å². The molecule has 42 heavy (non-hydrogen) atoms. The van der Waals surface area contributed by atoms with Crippen molar-refractivity contribution in [1.29, 1.82) is 0 Å². The molecule has 8 bridgehead atoms. The average molecular weight is 545 g/mol. The van der Waals surface area contributed by atoms with Crippen LogP contribution in [0, 0.1) is 0 Å². The van der Waals surface area contributed by atoms with Crippen LogP contribution < -0.4 is 0 Å². The smallest absolute Gasteiger partial charge is 0.164 e. The lowest BCUT2D eigenvalue weighted by Gasteiger charge is -1.98. The van der Waals surface area contributed by atoms with Gasteiger partial charge < -0.3 is 9.55 Å². The van der Waals surface area contributed by atoms with Gasteiger partial charge in [0, 0.05) is 50.9 Å². The highest BCUT2D eigenvalue weighted by molar-refractivity contribution is 6.07. The van der Waals surface area contributed by atoms with Crippen LogP contribution in [0.4, 0.5) is 0 Å². The van der Waals surface area contributed by atoms with E-state index in [0.29, 0.717) is 34.6 Å². The van der Waals surface area contributed by atoms with Crippen molar-refractivity contribution in [2.24, 2.45) is 7.05 Å². The molecule has 5 heterocycles. The zero-order valence-corrected chi connectivity index (χ0v) is 23.0. The maximum Gasteiger partial charge on any atom is 0.164 e. The number of nitrogens with zero attached hydrogens (tertiary/aromatic N) is 7. The highest BCUT2D eigenvalue weighted by atomic mass is 15.1. The third-order valence-electron chi connectivity index (χ3n) is 7.79. The van der Waals surface area contributed by atoms with Gasteiger partial charge in [-0.15, -0.1) is 0 Å². The largest absolute Gasteiger partial charge is 0.324 e. The summed E-state index contributed by atoms with van der Waals surface area (Å²) < 4.78 is 2.01. The van der Waals surface area contributed by atoms with E-state index >= 15 is 0 Å². The van der Waals surface area contributed by atoms with Crippen molar-refractivity contribution in [2.45, 2.75) is 6.92 Å². The lowest BCUT2D eigenvalue weighted by Crippen LogP contribution is -1.93. The summed E-state index contributed by atoms with van der Waals surface area (Å²) in [6.07, 6.45) is 5.61. The Kier molecular flexibility index (Phi) is 5.24. The van der Waals surface area contributed by atoms with E-state index in [4.69, 9.17) is 29.9 Å². The van der Waals surface area contributed by atoms with Gasteiger partial charge in [0.15, 0.2) is 23.3 Å². The Hall–Kier alpha value is -5.76. The minimum Gasteiger partial charge on any atom is -0.324 e. The molecule has 0 saturated carbocycles. The SMILES string of the molecule is C=C/C=C\C1=C(C)c2nc1nc1[nH]c(nc3nc(nc4c5ccccc5c(n2)n4C)-c2ccccc2-3)c2ccccc12. The first kappa shape index (κ1) is 24.1. The molecule has 0 atom stereocenters. The Morgan fingerprint density at radius 3 is 1.74 bits per heavy atom. The van der Waals surface area contributed by atoms with E-state index in [0.717, 1.165) is 55.1 Å². The third kappa shape index (κ3) is 3.55. The quantitative estimate of drug-likeness (QED) is 0.231. The van der Waals surface area contributed by atoms with Crippen LogP contribution >= 0.6 is 0 Å². The van der Waals surface area contributed by atoms with Crippen molar-refractivity contribution in [1.82, 2.24) is 39.5 Å². The van der Waals surface area contributed by atoms with Gasteiger partial charge in [0.1, 0.15) is 22.6 Å². The number of hydrogen-bond donors (Lipinski definition) is 1. The molecule has 0 unspecified atom stereocenters. The summed E-state index contributed by atoms with van der Waals surface area (Å²) in [5.74, 6) is 2.37. The molecule has 8 nitrogen and oxygen atoms in total. The fourth-order valence-corrected chi connectivity index (χ4v) is 5.69. The fourth-order valence-electron chi connectivity index (χ4n) is 5.69. The minimum atomic E-state index is 0.567. The van der Waals surface area contributed by atoms with Crippen LogP contribution in [-0.2, 0) is 7.05 Å². The number of benzene rings is 3. The number of hydrogen-bond acceptors (Lipinski definition) is 6. The second-order valence-corrected chi connectivity index (χ2v) is 10.3. The molecule has 2 aliphatic heterocycles. The van der Waals surface area contributed by atoms with E-state index in [1.807, 2.05) is 91.4 Å². The lowest BCUT2D eigenvalue weighted by molar-refractivity contribution is 0.960. The number of H-pyrrole nitrogens is 1. The second kappa shape index (κ2) is 9.14. The molecule has 0 aliphatic carbocycles. The Morgan fingerprint density at radius 1 is 0.619 bits per heavy atom. The summed E-state index contributed by atoms with van der Waals surface area (Å²) in [6, 6.07) is 24.3. The van der Waals surface area contributed by atoms with Gasteiger partial charge in [0.05, 0.1) is 0 Å². The van der Waals surface area contributed by atoms with Gasteiger partial charge in [0.2, 0.25) is 0 Å². The highest BCUT2D eigenvalue weighted by Gasteiger charge is 2.22. The monoisotopic (exact) mass is 544 g/mol. The standard InChI is InChI=1S/C34H24N8/c1-4-5-12-20-19(2)27-35-28(20)36-29-21-13-6-7-14-22(21)30(37-29)38-31-23-15-8-9-16-24(23)32(39-31)41-34-26-18-11-10-17-25(26)33(40-27)42(34)3/h4-18H,1H2,2-3H3,(H,35,36,37,38,39,40,41)/b12-5-. The van der Waals surface area contributed by atoms with Crippen molar-refractivity contribution in [2.75, 3.05) is 0 Å². The van der Waals surface area contributed by atoms with E-state index in [1.54, 1.807) is 6.08 Å². The molecule has 0 amide bonds. The van der Waals surface area contributed by atoms with E-state index in [-0.39, 0.29) is 0 Å². The zero-order valence-electron chi connectivity index (χ0n) is 23.0. The van der Waals surface area contributed by atoms with Crippen molar-refractivity contribution in [3.8, 4) is 22.8 Å². The van der Waals surface area contributed by atoms with Crippen LogP contribution in [0.15, 0.2) is 97.6 Å². The Bertz CT molecular complexity index is 2350. The number of aryl methyl sites for hydroxylation is 1. The van der Waals surface area contributed by atoms with Gasteiger partial charge in [-0.1, -0.05) is 97.6 Å². The van der Waals surface area contributed by atoms with Gasteiger partial charge in [-0.25, -0.2) is 29.9 Å². The van der Waals surface area contributed by atoms with Gasteiger partial charge in [0.25, 0.3) is 0 Å². The van der Waals surface area contributed by atoms with Crippen LogP contribution in [0.2, 0.25) is 0 Å². The van der Waals surface area contributed by atoms with E-state index < -0.39 is 0 Å². The topological polar surface area (TPSA) is 98.1 Å². The summed E-state index contributed by atoms with van der Waals surface area (Å²) in [6.45, 7) is 5.87. The van der Waals surface area contributed by atoms with Crippen molar-refractivity contribution >= 4 is 55.3 Å². The van der Waals surface area contributed by atoms with Crippen LogP contribution in [0.25, 0.3) is 78.1 Å². The summed E-state index contributed by atoms with van der Waals surface area (Å²) in [5, 5.41) is 3.85. The lowest BCUT2D eigenvalue weighted by atomic mass is 10.1. The summed E-state index contributed by atoms with van der Waals surface area (Å²) in [5.41, 5.74) is 6.53. The molecular weight excluding hydrogens is 520 g/mol. The first-order valence-electron chi connectivity index (χ1n) is 13.7. The molecule has 6 aromatic rings. The molecule has 2 aliphatic rings. The molecule has 0 fully saturated rings. The fraction of sp³-hybridized carbons (Fsp3) is 0.0588. The second-order valence-electron chi connectivity index (χ2n) is 10.3. The number of aromatic amines is 1. The van der Waals surface area contributed by atoms with Crippen LogP contribution in [0.3, 0.4) is 0 Å². The number of nitrogens with one attached hydrogen (secondary N) is 1. The molecule has 0 saturated heterocycles. The van der Waals surface area contributed by atoms with Gasteiger partial charge in [-0.2, -0.15) is 0 Å². The van der Waals surface area contributed by atoms with E-state index in [9.17, 15) is 0 Å². The maximum atomic E-state index is 5.13. The zero-order chi connectivity index (χ0) is 28.4. The number of aromatic nitrogens is 8. The molecule has 8 rings (SSSR count). The van der Waals surface area contributed by atoms with Crippen molar-refractivity contribution in [3.63, 3.8) is 0 Å². The van der Waals surface area contributed by atoms with Gasteiger partial charge in [-0.05, 0) is 6.92 Å². The highest BCUT2D eigenvalue weighted by Crippen LogP contribution is 2.35. The van der Waals surface area contributed by atoms with Gasteiger partial charge >= 0.3 is 0 Å². The maximum absolute atomic E-state index is 5.13. The normalized spacial score (nSPS) is 12.9. The number of fused-ring (bicyclic) bond motifs is 17. The molecule has 3 aromatic carbocycles. The molecule has 200 valence electrons.